The highest BCUT2D eigenvalue weighted by Crippen LogP contribution is 2.27. The standard InChI is InChI=1S/C11H22N2O3/c1-13(7-8-3-9(14)4-8)11(15)5-10(6-12)16-2/h8-10,14H,3-7,12H2,1-2H3. The molecule has 0 aliphatic heterocycles. The van der Waals surface area contributed by atoms with Crippen LogP contribution < -0.4 is 5.73 Å². The number of aliphatic hydroxyl groups is 1. The van der Waals surface area contributed by atoms with Crippen LogP contribution in [-0.4, -0.2) is 55.4 Å². The molecule has 0 radical (unpaired) electrons. The van der Waals surface area contributed by atoms with E-state index in [1.807, 2.05) is 0 Å². The van der Waals surface area contributed by atoms with E-state index in [2.05, 4.69) is 0 Å². The molecule has 1 rings (SSSR count). The van der Waals surface area contributed by atoms with Crippen LogP contribution in [0.3, 0.4) is 0 Å². The number of ether oxygens (including phenoxy) is 1. The van der Waals surface area contributed by atoms with Crippen molar-refractivity contribution in [2.45, 2.75) is 31.5 Å². The first-order valence-electron chi connectivity index (χ1n) is 5.71. The van der Waals surface area contributed by atoms with Crippen molar-refractivity contribution in [3.63, 3.8) is 0 Å². The van der Waals surface area contributed by atoms with Gasteiger partial charge in [-0.3, -0.25) is 4.79 Å². The summed E-state index contributed by atoms with van der Waals surface area (Å²) in [5, 5.41) is 9.15. The molecule has 5 heteroatoms. The van der Waals surface area contributed by atoms with E-state index in [-0.39, 0.29) is 18.1 Å². The van der Waals surface area contributed by atoms with E-state index in [1.165, 1.54) is 0 Å². The molecule has 0 saturated heterocycles. The highest BCUT2D eigenvalue weighted by atomic mass is 16.5. The van der Waals surface area contributed by atoms with Crippen LogP contribution >= 0.6 is 0 Å². The number of rotatable bonds is 6. The van der Waals surface area contributed by atoms with E-state index in [0.29, 0.717) is 18.9 Å². The van der Waals surface area contributed by atoms with Crippen LogP contribution in [0.1, 0.15) is 19.3 Å². The second kappa shape index (κ2) is 6.18. The second-order valence-electron chi connectivity index (χ2n) is 4.56. The average molecular weight is 230 g/mol. The molecule has 0 aromatic carbocycles. The lowest BCUT2D eigenvalue weighted by molar-refractivity contribution is -0.133. The molecular weight excluding hydrogens is 208 g/mol. The fraction of sp³-hybridized carbons (Fsp3) is 0.909. The summed E-state index contributed by atoms with van der Waals surface area (Å²) in [7, 11) is 3.35. The van der Waals surface area contributed by atoms with Gasteiger partial charge in [-0.05, 0) is 18.8 Å². The average Bonchev–Trinajstić information content (AvgIpc) is 2.23. The van der Waals surface area contributed by atoms with Crippen LogP contribution in [0.2, 0.25) is 0 Å². The number of carbonyl (C=O) groups is 1. The maximum Gasteiger partial charge on any atom is 0.224 e. The Bertz CT molecular complexity index is 225. The van der Waals surface area contributed by atoms with Crippen LogP contribution in [-0.2, 0) is 9.53 Å². The molecule has 0 bridgehead atoms. The SMILES string of the molecule is COC(CN)CC(=O)N(C)CC1CC(O)C1. The van der Waals surface area contributed by atoms with Gasteiger partial charge in [0, 0.05) is 27.2 Å². The third-order valence-corrected chi connectivity index (χ3v) is 3.17. The maximum atomic E-state index is 11.8. The Hall–Kier alpha value is -0.650. The molecule has 1 aliphatic carbocycles. The Balaban J connectivity index is 2.24. The third kappa shape index (κ3) is 3.73. The predicted molar refractivity (Wildman–Crippen MR) is 60.8 cm³/mol. The highest BCUT2D eigenvalue weighted by Gasteiger charge is 2.29. The minimum absolute atomic E-state index is 0.0543. The molecule has 3 N–H and O–H groups in total. The second-order valence-corrected chi connectivity index (χ2v) is 4.56. The Morgan fingerprint density at radius 1 is 1.62 bits per heavy atom. The number of aliphatic hydroxyl groups excluding tert-OH is 1. The fourth-order valence-corrected chi connectivity index (χ4v) is 1.95. The molecule has 5 nitrogen and oxygen atoms in total. The number of hydrogen-bond donors (Lipinski definition) is 2. The maximum absolute atomic E-state index is 11.8. The van der Waals surface area contributed by atoms with Gasteiger partial charge in [0.05, 0.1) is 18.6 Å². The molecule has 0 aromatic rings. The lowest BCUT2D eigenvalue weighted by Crippen LogP contribution is -2.41. The van der Waals surface area contributed by atoms with Gasteiger partial charge in [-0.25, -0.2) is 0 Å². The molecule has 16 heavy (non-hydrogen) atoms. The van der Waals surface area contributed by atoms with Gasteiger partial charge in [-0.1, -0.05) is 0 Å². The molecule has 1 unspecified atom stereocenters. The van der Waals surface area contributed by atoms with Gasteiger partial charge in [-0.2, -0.15) is 0 Å². The van der Waals surface area contributed by atoms with Crippen molar-refractivity contribution >= 4 is 5.91 Å². The van der Waals surface area contributed by atoms with Crippen molar-refractivity contribution in [1.29, 1.82) is 0 Å². The van der Waals surface area contributed by atoms with E-state index >= 15 is 0 Å². The minimum Gasteiger partial charge on any atom is -0.393 e. The first-order chi connectivity index (χ1) is 7.56. The number of hydrogen-bond acceptors (Lipinski definition) is 4. The van der Waals surface area contributed by atoms with Gasteiger partial charge in [0.2, 0.25) is 5.91 Å². The summed E-state index contributed by atoms with van der Waals surface area (Å²) in [6, 6.07) is 0. The molecule has 1 aliphatic rings. The number of methoxy groups -OCH3 is 1. The Kier molecular flexibility index (Phi) is 5.18. The quantitative estimate of drug-likeness (QED) is 0.650. The molecule has 0 aromatic heterocycles. The van der Waals surface area contributed by atoms with Gasteiger partial charge in [-0.15, -0.1) is 0 Å². The molecule has 1 fully saturated rings. The number of amides is 1. The molecule has 1 saturated carbocycles. The van der Waals surface area contributed by atoms with E-state index < -0.39 is 0 Å². The van der Waals surface area contributed by atoms with Crippen molar-refractivity contribution < 1.29 is 14.6 Å². The first-order valence-corrected chi connectivity index (χ1v) is 5.71. The van der Waals surface area contributed by atoms with Crippen molar-refractivity contribution in [3.8, 4) is 0 Å². The molecular formula is C11H22N2O3. The van der Waals surface area contributed by atoms with Crippen LogP contribution in [0.25, 0.3) is 0 Å². The fourth-order valence-electron chi connectivity index (χ4n) is 1.95. The smallest absolute Gasteiger partial charge is 0.224 e. The number of carbonyl (C=O) groups excluding carboxylic acids is 1. The number of nitrogens with two attached hydrogens (primary N) is 1. The first kappa shape index (κ1) is 13.4. The van der Waals surface area contributed by atoms with Gasteiger partial charge in [0.15, 0.2) is 0 Å². The Morgan fingerprint density at radius 3 is 2.69 bits per heavy atom. The van der Waals surface area contributed by atoms with E-state index in [4.69, 9.17) is 15.6 Å². The van der Waals surface area contributed by atoms with Crippen LogP contribution in [0, 0.1) is 5.92 Å². The monoisotopic (exact) mass is 230 g/mol. The summed E-state index contributed by atoms with van der Waals surface area (Å²) in [5.41, 5.74) is 5.46. The van der Waals surface area contributed by atoms with Gasteiger partial charge < -0.3 is 20.5 Å². The summed E-state index contributed by atoms with van der Waals surface area (Å²) in [6.45, 7) is 1.08. The summed E-state index contributed by atoms with van der Waals surface area (Å²) in [4.78, 5) is 13.5. The van der Waals surface area contributed by atoms with Gasteiger partial charge >= 0.3 is 0 Å². The van der Waals surface area contributed by atoms with Crippen molar-refractivity contribution in [2.75, 3.05) is 27.2 Å². The lowest BCUT2D eigenvalue weighted by Gasteiger charge is -2.34. The van der Waals surface area contributed by atoms with E-state index in [1.54, 1.807) is 19.1 Å². The summed E-state index contributed by atoms with van der Waals surface area (Å²) >= 11 is 0. The van der Waals surface area contributed by atoms with Gasteiger partial charge in [0.1, 0.15) is 0 Å². The van der Waals surface area contributed by atoms with E-state index in [9.17, 15) is 4.79 Å². The number of nitrogens with zero attached hydrogens (tertiary/aromatic N) is 1. The Labute approximate surface area is 96.6 Å². The van der Waals surface area contributed by atoms with Crippen LogP contribution in [0.5, 0.6) is 0 Å². The predicted octanol–water partition coefficient (Wildman–Crippen LogP) is -0.420. The molecule has 1 amide bonds. The van der Waals surface area contributed by atoms with Crippen molar-refractivity contribution in [3.05, 3.63) is 0 Å². The zero-order chi connectivity index (χ0) is 12.1. The van der Waals surface area contributed by atoms with Crippen molar-refractivity contribution in [1.82, 2.24) is 4.90 Å². The lowest BCUT2D eigenvalue weighted by atomic mass is 9.82. The molecule has 94 valence electrons. The topological polar surface area (TPSA) is 75.8 Å². The third-order valence-electron chi connectivity index (χ3n) is 3.17. The largest absolute Gasteiger partial charge is 0.393 e. The minimum atomic E-state index is -0.193. The van der Waals surface area contributed by atoms with Crippen molar-refractivity contribution in [2.24, 2.45) is 11.7 Å². The molecule has 0 heterocycles. The highest BCUT2D eigenvalue weighted by molar-refractivity contribution is 5.76. The normalized spacial score (nSPS) is 26.0. The summed E-state index contributed by atoms with van der Waals surface area (Å²) < 4.78 is 5.07. The zero-order valence-corrected chi connectivity index (χ0v) is 10.1. The zero-order valence-electron chi connectivity index (χ0n) is 10.1. The summed E-state index contributed by atoms with van der Waals surface area (Å²) in [6.07, 6.45) is 1.59. The molecule has 0 spiro atoms. The summed E-state index contributed by atoms with van der Waals surface area (Å²) in [5.74, 6) is 0.501. The molecule has 1 atom stereocenters. The van der Waals surface area contributed by atoms with E-state index in [0.717, 1.165) is 19.4 Å². The Morgan fingerprint density at radius 2 is 2.25 bits per heavy atom. The van der Waals surface area contributed by atoms with Crippen LogP contribution in [0.4, 0.5) is 0 Å². The van der Waals surface area contributed by atoms with Crippen LogP contribution in [0.15, 0.2) is 0 Å². The van der Waals surface area contributed by atoms with Gasteiger partial charge in [0.25, 0.3) is 0 Å².